The average Bonchev–Trinajstić information content (AvgIpc) is 2.45. The molecule has 2 rings (SSSR count). The van der Waals surface area contributed by atoms with E-state index in [2.05, 4.69) is 0 Å². The molecule has 1 aromatic rings. The lowest BCUT2D eigenvalue weighted by Crippen LogP contribution is -2.47. The van der Waals surface area contributed by atoms with Crippen LogP contribution < -0.4 is 4.90 Å². The Morgan fingerprint density at radius 1 is 1.30 bits per heavy atom. The number of rotatable bonds is 3. The number of carbonyl (C=O) groups is 2. The summed E-state index contributed by atoms with van der Waals surface area (Å²) in [5.74, 6) is -1.02. The zero-order valence-corrected chi connectivity index (χ0v) is 11.5. The van der Waals surface area contributed by atoms with Crippen molar-refractivity contribution in [3.63, 3.8) is 0 Å². The SMILES string of the molecule is CC1=CCN(C(=O)N(CC(=O)O)c2ccccc2)CC1. The van der Waals surface area contributed by atoms with Crippen molar-refractivity contribution in [2.24, 2.45) is 0 Å². The van der Waals surface area contributed by atoms with Gasteiger partial charge in [0, 0.05) is 18.8 Å². The van der Waals surface area contributed by atoms with E-state index in [4.69, 9.17) is 5.11 Å². The van der Waals surface area contributed by atoms with Crippen LogP contribution in [-0.2, 0) is 4.79 Å². The average molecular weight is 274 g/mol. The molecule has 0 radical (unpaired) electrons. The molecule has 5 heteroatoms. The molecular weight excluding hydrogens is 256 g/mol. The van der Waals surface area contributed by atoms with E-state index in [1.807, 2.05) is 19.1 Å². The maximum atomic E-state index is 12.5. The minimum atomic E-state index is -1.02. The van der Waals surface area contributed by atoms with E-state index in [-0.39, 0.29) is 12.6 Å². The fourth-order valence-corrected chi connectivity index (χ4v) is 2.13. The fourth-order valence-electron chi connectivity index (χ4n) is 2.13. The van der Waals surface area contributed by atoms with Crippen molar-refractivity contribution in [1.29, 1.82) is 0 Å². The summed E-state index contributed by atoms with van der Waals surface area (Å²) in [5.41, 5.74) is 1.87. The Morgan fingerprint density at radius 2 is 2.00 bits per heavy atom. The van der Waals surface area contributed by atoms with Crippen LogP contribution in [0.1, 0.15) is 13.3 Å². The van der Waals surface area contributed by atoms with Gasteiger partial charge in [-0.05, 0) is 25.5 Å². The van der Waals surface area contributed by atoms with Crippen molar-refractivity contribution in [2.45, 2.75) is 13.3 Å². The highest BCUT2D eigenvalue weighted by atomic mass is 16.4. The summed E-state index contributed by atoms with van der Waals surface area (Å²) in [6.07, 6.45) is 2.84. The Labute approximate surface area is 118 Å². The monoisotopic (exact) mass is 274 g/mol. The quantitative estimate of drug-likeness (QED) is 0.861. The van der Waals surface area contributed by atoms with E-state index in [0.717, 1.165) is 6.42 Å². The molecule has 0 fully saturated rings. The third-order valence-corrected chi connectivity index (χ3v) is 3.30. The molecule has 1 N–H and O–H groups in total. The molecule has 2 amide bonds. The number of carbonyl (C=O) groups excluding carboxylic acids is 1. The summed E-state index contributed by atoms with van der Waals surface area (Å²) in [5, 5.41) is 9.01. The number of urea groups is 1. The van der Waals surface area contributed by atoms with E-state index < -0.39 is 5.97 Å². The van der Waals surface area contributed by atoms with Crippen molar-refractivity contribution in [3.05, 3.63) is 42.0 Å². The molecule has 0 atom stereocenters. The first-order valence-corrected chi connectivity index (χ1v) is 6.57. The predicted molar refractivity (Wildman–Crippen MR) is 76.8 cm³/mol. The van der Waals surface area contributed by atoms with Gasteiger partial charge in [0.1, 0.15) is 6.54 Å². The normalized spacial score (nSPS) is 14.7. The summed E-state index contributed by atoms with van der Waals surface area (Å²) in [6, 6.07) is 8.63. The maximum absolute atomic E-state index is 12.5. The number of aliphatic carboxylic acids is 1. The number of amides is 2. The van der Waals surface area contributed by atoms with Crippen molar-refractivity contribution >= 4 is 17.7 Å². The second kappa shape index (κ2) is 6.23. The summed E-state index contributed by atoms with van der Waals surface area (Å²) in [7, 11) is 0. The summed E-state index contributed by atoms with van der Waals surface area (Å²) < 4.78 is 0. The third-order valence-electron chi connectivity index (χ3n) is 3.30. The van der Waals surface area contributed by atoms with E-state index in [0.29, 0.717) is 18.8 Å². The lowest BCUT2D eigenvalue weighted by atomic mass is 10.1. The lowest BCUT2D eigenvalue weighted by Gasteiger charge is -2.31. The highest BCUT2D eigenvalue weighted by molar-refractivity contribution is 5.96. The number of benzene rings is 1. The molecule has 1 aromatic carbocycles. The van der Waals surface area contributed by atoms with Crippen molar-refractivity contribution in [1.82, 2.24) is 4.90 Å². The molecule has 0 aliphatic carbocycles. The van der Waals surface area contributed by atoms with Gasteiger partial charge in [-0.2, -0.15) is 0 Å². The van der Waals surface area contributed by atoms with Crippen LogP contribution in [0.5, 0.6) is 0 Å². The number of para-hydroxylation sites is 1. The van der Waals surface area contributed by atoms with Crippen molar-refractivity contribution < 1.29 is 14.7 Å². The van der Waals surface area contributed by atoms with Crippen LogP contribution in [0.2, 0.25) is 0 Å². The first-order chi connectivity index (χ1) is 9.58. The minimum absolute atomic E-state index is 0.262. The highest BCUT2D eigenvalue weighted by Crippen LogP contribution is 2.18. The number of carboxylic acids is 1. The lowest BCUT2D eigenvalue weighted by molar-refractivity contribution is -0.135. The van der Waals surface area contributed by atoms with Gasteiger partial charge in [-0.15, -0.1) is 0 Å². The first-order valence-electron chi connectivity index (χ1n) is 6.57. The number of nitrogens with zero attached hydrogens (tertiary/aromatic N) is 2. The third kappa shape index (κ3) is 3.38. The number of hydrogen-bond acceptors (Lipinski definition) is 2. The van der Waals surface area contributed by atoms with Gasteiger partial charge < -0.3 is 10.0 Å². The van der Waals surface area contributed by atoms with Gasteiger partial charge >= 0.3 is 12.0 Å². The van der Waals surface area contributed by atoms with Crippen molar-refractivity contribution in [3.8, 4) is 0 Å². The Morgan fingerprint density at radius 3 is 2.55 bits per heavy atom. The Bertz CT molecular complexity index is 525. The standard InChI is InChI=1S/C15H18N2O3/c1-12-7-9-16(10-8-12)15(20)17(11-14(18)19)13-5-3-2-4-6-13/h2-7H,8-11H2,1H3,(H,18,19). The van der Waals surface area contributed by atoms with Gasteiger partial charge in [-0.25, -0.2) is 4.79 Å². The predicted octanol–water partition coefficient (Wildman–Crippen LogP) is 2.35. The molecule has 0 bridgehead atoms. The summed E-state index contributed by atoms with van der Waals surface area (Å²) in [6.45, 7) is 2.87. The van der Waals surface area contributed by atoms with Gasteiger partial charge in [0.2, 0.25) is 0 Å². The molecule has 5 nitrogen and oxygen atoms in total. The van der Waals surface area contributed by atoms with Crippen LogP contribution in [0.4, 0.5) is 10.5 Å². The van der Waals surface area contributed by atoms with E-state index in [1.165, 1.54) is 10.5 Å². The smallest absolute Gasteiger partial charge is 0.325 e. The molecule has 1 heterocycles. The molecule has 0 saturated carbocycles. The van der Waals surface area contributed by atoms with Crippen molar-refractivity contribution in [2.75, 3.05) is 24.5 Å². The Hall–Kier alpha value is -2.30. The van der Waals surface area contributed by atoms with Gasteiger partial charge in [-0.1, -0.05) is 29.8 Å². The van der Waals surface area contributed by atoms with Gasteiger partial charge in [-0.3, -0.25) is 9.69 Å². The molecule has 1 aliphatic rings. The molecule has 106 valence electrons. The van der Waals surface area contributed by atoms with Gasteiger partial charge in [0.15, 0.2) is 0 Å². The van der Waals surface area contributed by atoms with E-state index in [1.54, 1.807) is 29.2 Å². The van der Waals surface area contributed by atoms with E-state index >= 15 is 0 Å². The summed E-state index contributed by atoms with van der Waals surface area (Å²) >= 11 is 0. The zero-order chi connectivity index (χ0) is 14.5. The van der Waals surface area contributed by atoms with Crippen LogP contribution >= 0.6 is 0 Å². The largest absolute Gasteiger partial charge is 0.480 e. The molecule has 20 heavy (non-hydrogen) atoms. The maximum Gasteiger partial charge on any atom is 0.325 e. The first kappa shape index (κ1) is 14.1. The molecule has 0 aromatic heterocycles. The number of carboxylic acid groups (broad SMARTS) is 1. The van der Waals surface area contributed by atoms with Crippen LogP contribution in [0, 0.1) is 0 Å². The Kier molecular flexibility index (Phi) is 4.40. The number of anilines is 1. The molecule has 0 saturated heterocycles. The number of hydrogen-bond donors (Lipinski definition) is 1. The molecular formula is C15H18N2O3. The zero-order valence-electron chi connectivity index (χ0n) is 11.5. The Balaban J connectivity index is 2.19. The van der Waals surface area contributed by atoms with Crippen LogP contribution in [0.15, 0.2) is 42.0 Å². The van der Waals surface area contributed by atoms with Crippen LogP contribution in [0.3, 0.4) is 0 Å². The molecule has 1 aliphatic heterocycles. The van der Waals surface area contributed by atoms with Gasteiger partial charge in [0.05, 0.1) is 0 Å². The topological polar surface area (TPSA) is 60.9 Å². The summed E-state index contributed by atoms with van der Waals surface area (Å²) in [4.78, 5) is 26.5. The minimum Gasteiger partial charge on any atom is -0.480 e. The molecule has 0 spiro atoms. The fraction of sp³-hybridized carbons (Fsp3) is 0.333. The van der Waals surface area contributed by atoms with Crippen LogP contribution in [-0.4, -0.2) is 41.6 Å². The molecule has 0 unspecified atom stereocenters. The van der Waals surface area contributed by atoms with Crippen LogP contribution in [0.25, 0.3) is 0 Å². The highest BCUT2D eigenvalue weighted by Gasteiger charge is 2.24. The second-order valence-electron chi connectivity index (χ2n) is 4.84. The second-order valence-corrected chi connectivity index (χ2v) is 4.84. The van der Waals surface area contributed by atoms with E-state index in [9.17, 15) is 9.59 Å². The van der Waals surface area contributed by atoms with Gasteiger partial charge in [0.25, 0.3) is 0 Å².